The average Bonchev–Trinajstić information content (AvgIpc) is 3.39. The highest BCUT2D eigenvalue weighted by Gasteiger charge is 2.68. The predicted molar refractivity (Wildman–Crippen MR) is 199 cm³/mol. The van der Waals surface area contributed by atoms with Gasteiger partial charge in [-0.15, -0.1) is 0 Å². The molecule has 0 aromatic rings. The van der Waals surface area contributed by atoms with Gasteiger partial charge in [-0.2, -0.15) is 0 Å². The SMILES string of the molecule is CC(C)C1=C2C(CC1=O)[C@@H](NCCN1CCS(=O)(=O)CC1)C[C@]1(C)[C@@H]2CCC2[C@@]3(C)CC=C(C4=CC[C@H](C(=O)O)CC4)C(C)(C)C3CC[C@]21C. The van der Waals surface area contributed by atoms with Gasteiger partial charge in [-0.3, -0.25) is 9.59 Å². The molecular formula is C42H64N2O5S. The quantitative estimate of drug-likeness (QED) is 0.287. The van der Waals surface area contributed by atoms with Crippen LogP contribution in [0, 0.1) is 57.2 Å². The van der Waals surface area contributed by atoms with Crippen LogP contribution < -0.4 is 5.32 Å². The molecule has 0 bridgehead atoms. The third-order valence-corrected chi connectivity index (χ3v) is 17.9. The van der Waals surface area contributed by atoms with Gasteiger partial charge in [-0.25, -0.2) is 8.42 Å². The Kier molecular flexibility index (Phi) is 9.28. The number of nitrogens with one attached hydrogen (secondary N) is 1. The van der Waals surface area contributed by atoms with E-state index in [0.29, 0.717) is 49.5 Å². The number of rotatable bonds is 7. The largest absolute Gasteiger partial charge is 0.481 e. The van der Waals surface area contributed by atoms with Gasteiger partial charge in [0.15, 0.2) is 15.6 Å². The smallest absolute Gasteiger partial charge is 0.306 e. The minimum Gasteiger partial charge on any atom is -0.481 e. The third-order valence-electron chi connectivity index (χ3n) is 16.3. The number of hydrogen-bond acceptors (Lipinski definition) is 6. The lowest BCUT2D eigenvalue weighted by Gasteiger charge is -2.71. The first kappa shape index (κ1) is 36.6. The van der Waals surface area contributed by atoms with Crippen LogP contribution in [0.15, 0.2) is 34.4 Å². The van der Waals surface area contributed by atoms with E-state index >= 15 is 0 Å². The second-order valence-corrected chi connectivity index (χ2v) is 21.5. The van der Waals surface area contributed by atoms with E-state index in [9.17, 15) is 23.1 Å². The first-order valence-electron chi connectivity index (χ1n) is 20.0. The minimum atomic E-state index is -2.90. The number of carboxylic acids is 1. The number of aliphatic carboxylic acids is 1. The number of ketones is 1. The van der Waals surface area contributed by atoms with Gasteiger partial charge in [0.05, 0.1) is 17.4 Å². The van der Waals surface area contributed by atoms with Crippen LogP contribution in [0.5, 0.6) is 0 Å². The highest BCUT2D eigenvalue weighted by molar-refractivity contribution is 7.91. The molecule has 3 saturated carbocycles. The number of fused-ring (bicyclic) bond motifs is 7. The zero-order valence-corrected chi connectivity index (χ0v) is 32.8. The summed E-state index contributed by atoms with van der Waals surface area (Å²) in [5, 5.41) is 13.6. The van der Waals surface area contributed by atoms with Crippen molar-refractivity contribution in [2.24, 2.45) is 57.2 Å². The van der Waals surface area contributed by atoms with Crippen LogP contribution in [-0.2, 0) is 19.4 Å². The van der Waals surface area contributed by atoms with Crippen LogP contribution in [0.3, 0.4) is 0 Å². The number of Topliss-reactive ketones (excluding diaryl/α,β-unsaturated/α-hetero) is 1. The lowest BCUT2D eigenvalue weighted by Crippen LogP contribution is -2.65. The molecule has 0 radical (unpaired) electrons. The molecule has 1 aliphatic heterocycles. The van der Waals surface area contributed by atoms with Crippen LogP contribution in [0.25, 0.3) is 0 Å². The monoisotopic (exact) mass is 708 g/mol. The fourth-order valence-corrected chi connectivity index (χ4v) is 15.0. The normalized spacial score (nSPS) is 42.6. The third kappa shape index (κ3) is 5.66. The molecule has 50 heavy (non-hydrogen) atoms. The summed E-state index contributed by atoms with van der Waals surface area (Å²) < 4.78 is 24.1. The maximum absolute atomic E-state index is 13.8. The van der Waals surface area contributed by atoms with Gasteiger partial charge < -0.3 is 15.3 Å². The maximum atomic E-state index is 13.8. The average molecular weight is 709 g/mol. The zero-order chi connectivity index (χ0) is 36.0. The van der Waals surface area contributed by atoms with E-state index in [1.807, 2.05) is 0 Å². The first-order chi connectivity index (χ1) is 23.4. The maximum Gasteiger partial charge on any atom is 0.306 e. The van der Waals surface area contributed by atoms with Gasteiger partial charge in [0.2, 0.25) is 0 Å². The Morgan fingerprint density at radius 3 is 2.36 bits per heavy atom. The van der Waals surface area contributed by atoms with Crippen molar-refractivity contribution in [1.29, 1.82) is 0 Å². The summed E-state index contributed by atoms with van der Waals surface area (Å²) in [7, 11) is -2.90. The molecule has 2 N–H and O–H groups in total. The topological polar surface area (TPSA) is 104 Å². The van der Waals surface area contributed by atoms with Crippen molar-refractivity contribution >= 4 is 21.6 Å². The molecule has 8 heteroatoms. The second kappa shape index (κ2) is 12.7. The molecule has 4 fully saturated rings. The summed E-state index contributed by atoms with van der Waals surface area (Å²) >= 11 is 0. The Balaban J connectivity index is 1.18. The van der Waals surface area contributed by atoms with Crippen molar-refractivity contribution in [2.75, 3.05) is 37.7 Å². The van der Waals surface area contributed by atoms with Crippen LogP contribution in [0.2, 0.25) is 0 Å². The molecule has 7 rings (SSSR count). The lowest BCUT2D eigenvalue weighted by atomic mass is 9.33. The van der Waals surface area contributed by atoms with Crippen molar-refractivity contribution < 1.29 is 23.1 Å². The summed E-state index contributed by atoms with van der Waals surface area (Å²) in [5.74, 6) is 2.10. The number of allylic oxidation sites excluding steroid dienone is 5. The minimum absolute atomic E-state index is 0.0364. The van der Waals surface area contributed by atoms with Crippen molar-refractivity contribution in [3.63, 3.8) is 0 Å². The molecule has 7 aliphatic rings. The van der Waals surface area contributed by atoms with Crippen molar-refractivity contribution in [1.82, 2.24) is 10.2 Å². The fraction of sp³-hybridized carbons (Fsp3) is 0.810. The van der Waals surface area contributed by atoms with Gasteiger partial charge in [-0.1, -0.05) is 66.2 Å². The number of carbonyl (C=O) groups is 2. The molecule has 0 aromatic heterocycles. The molecular weight excluding hydrogens is 645 g/mol. The zero-order valence-electron chi connectivity index (χ0n) is 31.9. The summed E-state index contributed by atoms with van der Waals surface area (Å²) in [6.45, 7) is 20.2. The number of sulfone groups is 1. The summed E-state index contributed by atoms with van der Waals surface area (Å²) in [6, 6.07) is 0.253. The number of carbonyl (C=O) groups excluding carboxylic acids is 1. The summed E-state index contributed by atoms with van der Waals surface area (Å²) in [4.78, 5) is 27.8. The number of hydrogen-bond donors (Lipinski definition) is 2. The standard InChI is InChI=1S/C42H64N2O5S/c1-26(2)36-33(45)24-29-32(43-18-19-44-20-22-50(48,49)23-21-44)25-42(7)31(37(29)36)12-13-35-40(5)16-14-30(27-8-10-28(11-9-27)38(46)47)39(3,4)34(40)15-17-41(35,42)6/h8,14,26,28-29,31-32,34-35,43H,9-13,15-25H2,1-7H3,(H,46,47)/t28-,29?,31+,32-,34?,35?,40-,41+,42+/m0/s1. The molecule has 0 amide bonds. The van der Waals surface area contributed by atoms with Crippen LogP contribution in [0.4, 0.5) is 0 Å². The van der Waals surface area contributed by atoms with Gasteiger partial charge in [0, 0.05) is 44.6 Å². The molecule has 0 spiro atoms. The van der Waals surface area contributed by atoms with E-state index < -0.39 is 15.8 Å². The highest BCUT2D eigenvalue weighted by atomic mass is 32.2. The molecule has 1 heterocycles. The number of carboxylic acid groups (broad SMARTS) is 1. The van der Waals surface area contributed by atoms with Gasteiger partial charge >= 0.3 is 5.97 Å². The van der Waals surface area contributed by atoms with Crippen LogP contribution in [0.1, 0.15) is 113 Å². The molecule has 9 atom stereocenters. The molecule has 278 valence electrons. The van der Waals surface area contributed by atoms with Crippen molar-refractivity contribution in [2.45, 2.75) is 119 Å². The summed E-state index contributed by atoms with van der Waals surface area (Å²) in [5.41, 5.74) is 5.96. The van der Waals surface area contributed by atoms with E-state index in [4.69, 9.17) is 0 Å². The Morgan fingerprint density at radius 2 is 1.72 bits per heavy atom. The highest BCUT2D eigenvalue weighted by Crippen LogP contribution is 2.75. The second-order valence-electron chi connectivity index (χ2n) is 19.2. The van der Waals surface area contributed by atoms with E-state index in [1.54, 1.807) is 0 Å². The molecule has 7 nitrogen and oxygen atoms in total. The van der Waals surface area contributed by atoms with Crippen molar-refractivity contribution in [3.8, 4) is 0 Å². The van der Waals surface area contributed by atoms with Crippen LogP contribution >= 0.6 is 0 Å². The molecule has 6 aliphatic carbocycles. The van der Waals surface area contributed by atoms with Gasteiger partial charge in [-0.05, 0) is 120 Å². The number of nitrogens with zero attached hydrogens (tertiary/aromatic N) is 1. The Labute approximate surface area is 302 Å². The molecule has 1 saturated heterocycles. The van der Waals surface area contributed by atoms with Crippen LogP contribution in [-0.4, -0.2) is 73.9 Å². The van der Waals surface area contributed by atoms with E-state index in [-0.39, 0.29) is 57.0 Å². The Morgan fingerprint density at radius 1 is 1.00 bits per heavy atom. The van der Waals surface area contributed by atoms with E-state index in [0.717, 1.165) is 44.3 Å². The summed E-state index contributed by atoms with van der Waals surface area (Å²) in [6.07, 6.45) is 14.7. The van der Waals surface area contributed by atoms with E-state index in [1.165, 1.54) is 42.4 Å². The Bertz CT molecular complexity index is 1610. The Hall–Kier alpha value is -1.77. The van der Waals surface area contributed by atoms with Gasteiger partial charge in [0.25, 0.3) is 0 Å². The fourth-order valence-electron chi connectivity index (χ4n) is 13.7. The predicted octanol–water partition coefficient (Wildman–Crippen LogP) is 7.24. The first-order valence-corrected chi connectivity index (χ1v) is 21.8. The molecule has 3 unspecified atom stereocenters. The van der Waals surface area contributed by atoms with Crippen molar-refractivity contribution in [3.05, 3.63) is 34.4 Å². The van der Waals surface area contributed by atoms with E-state index in [2.05, 4.69) is 70.8 Å². The lowest BCUT2D eigenvalue weighted by molar-refractivity contribution is -0.197. The molecule has 0 aromatic carbocycles. The van der Waals surface area contributed by atoms with Gasteiger partial charge in [0.1, 0.15) is 0 Å².